The van der Waals surface area contributed by atoms with Crippen molar-refractivity contribution in [2.45, 2.75) is 26.2 Å². The molecule has 1 aliphatic heterocycles. The lowest BCUT2D eigenvalue weighted by Crippen LogP contribution is -2.54. The van der Waals surface area contributed by atoms with E-state index in [9.17, 15) is 14.8 Å². The molecule has 7 heteroatoms. The van der Waals surface area contributed by atoms with Crippen LogP contribution in [0.25, 0.3) is 0 Å². The highest BCUT2D eigenvalue weighted by Crippen LogP contribution is 2.10. The molecule has 1 fully saturated rings. The molecule has 7 nitrogen and oxygen atoms in total. The Labute approximate surface area is 121 Å². The number of carbonyl (C=O) groups is 2. The number of likely N-dealkylation sites (N-methyl/N-ethyl adjacent to an activating group) is 1. The van der Waals surface area contributed by atoms with Crippen molar-refractivity contribution in [3.05, 3.63) is 0 Å². The molecule has 0 aliphatic carbocycles. The fourth-order valence-electron chi connectivity index (χ4n) is 2.19. The molecule has 118 valence electrons. The highest BCUT2D eigenvalue weighted by Gasteiger charge is 2.23. The van der Waals surface area contributed by atoms with Gasteiger partial charge in [0.1, 0.15) is 0 Å². The zero-order valence-electron chi connectivity index (χ0n) is 12.4. The molecule has 0 unspecified atom stereocenters. The number of amides is 2. The molecular formula is C13H28N4O3. The topological polar surface area (TPSA) is 76.1 Å². The first-order chi connectivity index (χ1) is 9.56. The van der Waals surface area contributed by atoms with Crippen molar-refractivity contribution in [3.8, 4) is 0 Å². The number of nitrogens with zero attached hydrogens (tertiary/aromatic N) is 3. The summed E-state index contributed by atoms with van der Waals surface area (Å²) in [6.07, 6.45) is 2.88. The number of nitrogens with one attached hydrogen (secondary N) is 1. The molecule has 0 aromatic carbocycles. The van der Waals surface area contributed by atoms with Crippen LogP contribution in [0.1, 0.15) is 27.6 Å². The van der Waals surface area contributed by atoms with E-state index in [1.807, 2.05) is 11.9 Å². The minimum atomic E-state index is -0.371. The second kappa shape index (κ2) is 8.89. The summed E-state index contributed by atoms with van der Waals surface area (Å²) in [5.41, 5.74) is 2.89. The molecule has 1 saturated heterocycles. The van der Waals surface area contributed by atoms with Crippen molar-refractivity contribution in [3.63, 3.8) is 0 Å². The SMILES string of the molecule is CCCC[C@H](CN(O)C=O)C(=O)NN1CCN(C)CC1.[HH]. The zero-order chi connectivity index (χ0) is 15.0. The first kappa shape index (κ1) is 16.9. The van der Waals surface area contributed by atoms with Crippen LogP contribution in [0.4, 0.5) is 0 Å². The minimum absolute atomic E-state index is 0. The molecule has 2 N–H and O–H groups in total. The molecule has 1 rings (SSSR count). The summed E-state index contributed by atoms with van der Waals surface area (Å²) in [4.78, 5) is 24.9. The Morgan fingerprint density at radius 1 is 1.45 bits per heavy atom. The number of rotatable bonds is 8. The van der Waals surface area contributed by atoms with Crippen LogP contribution >= 0.6 is 0 Å². The molecule has 2 amide bonds. The van der Waals surface area contributed by atoms with Crippen molar-refractivity contribution < 1.29 is 16.2 Å². The molecule has 1 aliphatic rings. The summed E-state index contributed by atoms with van der Waals surface area (Å²) >= 11 is 0. The maximum atomic E-state index is 12.2. The maximum Gasteiger partial charge on any atom is 0.239 e. The van der Waals surface area contributed by atoms with Crippen molar-refractivity contribution in [2.24, 2.45) is 5.92 Å². The second-order valence-electron chi connectivity index (χ2n) is 5.33. The van der Waals surface area contributed by atoms with Gasteiger partial charge in [0.2, 0.25) is 12.3 Å². The van der Waals surface area contributed by atoms with E-state index >= 15 is 0 Å². The molecule has 1 atom stereocenters. The number of carbonyl (C=O) groups excluding carboxylic acids is 2. The lowest BCUT2D eigenvalue weighted by atomic mass is 10.0. The lowest BCUT2D eigenvalue weighted by Gasteiger charge is -2.33. The zero-order valence-corrected chi connectivity index (χ0v) is 12.4. The highest BCUT2D eigenvalue weighted by molar-refractivity contribution is 5.78. The number of hydrogen-bond donors (Lipinski definition) is 2. The van der Waals surface area contributed by atoms with Gasteiger partial charge in [-0.15, -0.1) is 0 Å². The molecule has 0 bridgehead atoms. The van der Waals surface area contributed by atoms with Crippen LogP contribution in [0.2, 0.25) is 0 Å². The molecule has 0 radical (unpaired) electrons. The highest BCUT2D eigenvalue weighted by atomic mass is 16.5. The number of hydroxylamine groups is 2. The maximum absolute atomic E-state index is 12.2. The van der Waals surface area contributed by atoms with Crippen molar-refractivity contribution in [2.75, 3.05) is 39.8 Å². The predicted octanol–water partition coefficient (Wildman–Crippen LogP) is 0.165. The van der Waals surface area contributed by atoms with Crippen molar-refractivity contribution >= 4 is 12.3 Å². The quantitative estimate of drug-likeness (QED) is 0.378. The third kappa shape index (κ3) is 5.85. The molecular weight excluding hydrogens is 260 g/mol. The van der Waals surface area contributed by atoms with Gasteiger partial charge in [-0.05, 0) is 13.5 Å². The summed E-state index contributed by atoms with van der Waals surface area (Å²) in [5, 5.41) is 11.7. The molecule has 0 aromatic rings. The largest absolute Gasteiger partial charge is 0.304 e. The number of piperazine rings is 1. The summed E-state index contributed by atoms with van der Waals surface area (Å²) < 4.78 is 0. The number of hydrogen-bond acceptors (Lipinski definition) is 5. The van der Waals surface area contributed by atoms with Crippen LogP contribution in [-0.4, -0.2) is 72.3 Å². The van der Waals surface area contributed by atoms with Crippen LogP contribution in [0.3, 0.4) is 0 Å². The Kier molecular flexibility index (Phi) is 7.50. The van der Waals surface area contributed by atoms with Gasteiger partial charge in [-0.2, -0.15) is 0 Å². The number of hydrazine groups is 1. The van der Waals surface area contributed by atoms with Gasteiger partial charge in [-0.3, -0.25) is 20.2 Å². The molecule has 0 aromatic heterocycles. The Hall–Kier alpha value is -1.18. The van der Waals surface area contributed by atoms with E-state index in [2.05, 4.69) is 17.4 Å². The van der Waals surface area contributed by atoms with E-state index in [1.165, 1.54) is 0 Å². The van der Waals surface area contributed by atoms with Gasteiger partial charge in [0.15, 0.2) is 0 Å². The van der Waals surface area contributed by atoms with Gasteiger partial charge >= 0.3 is 0 Å². The Bertz CT molecular complexity index is 312. The summed E-state index contributed by atoms with van der Waals surface area (Å²) in [6, 6.07) is 0. The van der Waals surface area contributed by atoms with E-state index in [4.69, 9.17) is 0 Å². The average Bonchev–Trinajstić information content (AvgIpc) is 2.45. The van der Waals surface area contributed by atoms with Crippen molar-refractivity contribution in [1.29, 1.82) is 0 Å². The van der Waals surface area contributed by atoms with E-state index in [-0.39, 0.29) is 19.8 Å². The van der Waals surface area contributed by atoms with Crippen LogP contribution in [0.15, 0.2) is 0 Å². The first-order valence-electron chi connectivity index (χ1n) is 7.21. The van der Waals surface area contributed by atoms with Gasteiger partial charge in [-0.1, -0.05) is 19.8 Å². The standard InChI is InChI=1S/C13H26N4O3.H2/c1-3-4-5-12(10-17(20)11-18)13(19)14-16-8-6-15(2)7-9-16;/h11-12,20H,3-10H2,1-2H3,(H,14,19);1H/t12-;/m1./s1. The molecule has 20 heavy (non-hydrogen) atoms. The van der Waals surface area contributed by atoms with Gasteiger partial charge in [-0.25, -0.2) is 10.1 Å². The average molecular weight is 288 g/mol. The predicted molar refractivity (Wildman–Crippen MR) is 76.9 cm³/mol. The summed E-state index contributed by atoms with van der Waals surface area (Å²) in [6.45, 7) is 5.51. The van der Waals surface area contributed by atoms with E-state index in [0.717, 1.165) is 39.0 Å². The van der Waals surface area contributed by atoms with Gasteiger partial charge < -0.3 is 4.90 Å². The van der Waals surface area contributed by atoms with Gasteiger partial charge in [0, 0.05) is 27.6 Å². The fraction of sp³-hybridized carbons (Fsp3) is 0.846. The minimum Gasteiger partial charge on any atom is -0.304 e. The number of unbranched alkanes of at least 4 members (excludes halogenated alkanes) is 1. The van der Waals surface area contributed by atoms with Crippen molar-refractivity contribution in [1.82, 2.24) is 20.4 Å². The Balaban J connectivity index is 0.00000400. The molecule has 1 heterocycles. The van der Waals surface area contributed by atoms with Crippen LogP contribution in [-0.2, 0) is 9.59 Å². The third-order valence-electron chi connectivity index (χ3n) is 3.58. The van der Waals surface area contributed by atoms with E-state index in [1.54, 1.807) is 0 Å². The van der Waals surface area contributed by atoms with Crippen LogP contribution in [0, 0.1) is 5.92 Å². The molecule has 0 saturated carbocycles. The smallest absolute Gasteiger partial charge is 0.239 e. The van der Waals surface area contributed by atoms with Gasteiger partial charge in [0.05, 0.1) is 12.5 Å². The van der Waals surface area contributed by atoms with E-state index < -0.39 is 0 Å². The van der Waals surface area contributed by atoms with E-state index in [0.29, 0.717) is 17.9 Å². The Morgan fingerprint density at radius 3 is 2.65 bits per heavy atom. The Morgan fingerprint density at radius 2 is 2.10 bits per heavy atom. The summed E-state index contributed by atoms with van der Waals surface area (Å²) in [7, 11) is 2.05. The third-order valence-corrected chi connectivity index (χ3v) is 3.58. The molecule has 0 spiro atoms. The van der Waals surface area contributed by atoms with Crippen LogP contribution in [0.5, 0.6) is 0 Å². The monoisotopic (exact) mass is 288 g/mol. The summed E-state index contributed by atoms with van der Waals surface area (Å²) in [5.74, 6) is -0.492. The fourth-order valence-corrected chi connectivity index (χ4v) is 2.19. The lowest BCUT2D eigenvalue weighted by molar-refractivity contribution is -0.155. The van der Waals surface area contributed by atoms with Crippen LogP contribution < -0.4 is 5.43 Å². The first-order valence-corrected chi connectivity index (χ1v) is 7.21. The second-order valence-corrected chi connectivity index (χ2v) is 5.33. The normalized spacial score (nSPS) is 18.6. The van der Waals surface area contributed by atoms with Gasteiger partial charge in [0.25, 0.3) is 0 Å².